The van der Waals surface area contributed by atoms with Gasteiger partial charge in [-0.1, -0.05) is 0 Å². The van der Waals surface area contributed by atoms with Gasteiger partial charge >= 0.3 is 0 Å². The molecule has 1 saturated heterocycles. The Balaban J connectivity index is 2.78. The van der Waals surface area contributed by atoms with E-state index in [1.54, 1.807) is 7.05 Å². The van der Waals surface area contributed by atoms with Crippen molar-refractivity contribution >= 4 is 10.2 Å². The zero-order valence-electron chi connectivity index (χ0n) is 11.0. The van der Waals surface area contributed by atoms with Crippen LogP contribution in [0.2, 0.25) is 0 Å². The largest absolute Gasteiger partial charge is 0.374 e. The van der Waals surface area contributed by atoms with Gasteiger partial charge in [0.15, 0.2) is 0 Å². The first-order valence-electron chi connectivity index (χ1n) is 5.87. The Bertz CT molecular complexity index is 343. The molecule has 1 aliphatic rings. The summed E-state index contributed by atoms with van der Waals surface area (Å²) in [6, 6.07) is -0.228. The quantitative estimate of drug-likeness (QED) is 0.752. The minimum atomic E-state index is -3.40. The van der Waals surface area contributed by atoms with Gasteiger partial charge in [0.1, 0.15) is 0 Å². The van der Waals surface area contributed by atoms with Crippen molar-refractivity contribution in [2.75, 3.05) is 26.7 Å². The average molecular weight is 265 g/mol. The van der Waals surface area contributed by atoms with Gasteiger partial charge in [-0.15, -0.1) is 0 Å². The molecule has 7 heteroatoms. The minimum absolute atomic E-state index is 0.0587. The van der Waals surface area contributed by atoms with Gasteiger partial charge in [-0.3, -0.25) is 0 Å². The van der Waals surface area contributed by atoms with Crippen LogP contribution in [-0.4, -0.2) is 62.0 Å². The van der Waals surface area contributed by atoms with Crippen molar-refractivity contribution in [2.24, 2.45) is 5.73 Å². The van der Waals surface area contributed by atoms with Gasteiger partial charge in [-0.25, -0.2) is 0 Å². The molecule has 2 N–H and O–H groups in total. The summed E-state index contributed by atoms with van der Waals surface area (Å²) >= 11 is 0. The molecule has 0 aliphatic carbocycles. The molecule has 1 heterocycles. The molecule has 0 aromatic rings. The van der Waals surface area contributed by atoms with Gasteiger partial charge in [0.05, 0.1) is 12.7 Å². The first kappa shape index (κ1) is 14.8. The lowest BCUT2D eigenvalue weighted by Crippen LogP contribution is -2.55. The highest BCUT2D eigenvalue weighted by atomic mass is 32.2. The molecular formula is C10H23N3O3S. The molecule has 17 heavy (non-hydrogen) atoms. The minimum Gasteiger partial charge on any atom is -0.374 e. The average Bonchev–Trinajstić information content (AvgIpc) is 2.28. The van der Waals surface area contributed by atoms with Gasteiger partial charge in [0.25, 0.3) is 10.2 Å². The van der Waals surface area contributed by atoms with Gasteiger partial charge in [0.2, 0.25) is 0 Å². The van der Waals surface area contributed by atoms with E-state index in [0.29, 0.717) is 19.7 Å². The number of nitrogens with zero attached hydrogens (tertiary/aromatic N) is 2. The van der Waals surface area contributed by atoms with Crippen LogP contribution in [-0.2, 0) is 14.9 Å². The van der Waals surface area contributed by atoms with Crippen LogP contribution in [0.4, 0.5) is 0 Å². The zero-order chi connectivity index (χ0) is 13.2. The fourth-order valence-corrected chi connectivity index (χ4v) is 3.16. The fourth-order valence-electron chi connectivity index (χ4n) is 1.63. The van der Waals surface area contributed by atoms with Crippen LogP contribution in [0.15, 0.2) is 0 Å². The van der Waals surface area contributed by atoms with Crippen molar-refractivity contribution in [2.45, 2.75) is 39.0 Å². The number of rotatable bonds is 4. The standard InChI is InChI=1S/C10H23N3O3S/c1-8(2)12(4)17(14,15)13-5-6-16-10(7-13)9(3)11/h8-10H,5-7,11H2,1-4H3. The maximum absolute atomic E-state index is 12.3. The molecule has 0 amide bonds. The molecule has 0 aromatic heterocycles. The molecule has 1 aliphatic heterocycles. The monoisotopic (exact) mass is 265 g/mol. The summed E-state index contributed by atoms with van der Waals surface area (Å²) in [5.74, 6) is 0. The third-order valence-corrected chi connectivity index (χ3v) is 5.19. The molecule has 1 rings (SSSR count). The van der Waals surface area contributed by atoms with Crippen LogP contribution in [0.3, 0.4) is 0 Å². The zero-order valence-corrected chi connectivity index (χ0v) is 11.8. The van der Waals surface area contributed by atoms with Crippen molar-refractivity contribution in [1.82, 2.24) is 8.61 Å². The smallest absolute Gasteiger partial charge is 0.282 e. The van der Waals surface area contributed by atoms with E-state index in [1.807, 2.05) is 20.8 Å². The van der Waals surface area contributed by atoms with Crippen molar-refractivity contribution in [3.8, 4) is 0 Å². The lowest BCUT2D eigenvalue weighted by Gasteiger charge is -2.36. The number of morpholine rings is 1. The maximum Gasteiger partial charge on any atom is 0.282 e. The molecule has 6 nitrogen and oxygen atoms in total. The Morgan fingerprint density at radius 3 is 2.47 bits per heavy atom. The van der Waals surface area contributed by atoms with Crippen molar-refractivity contribution in [3.05, 3.63) is 0 Å². The molecule has 0 radical (unpaired) electrons. The summed E-state index contributed by atoms with van der Waals surface area (Å²) in [6.45, 7) is 6.64. The normalized spacial score (nSPS) is 25.5. The van der Waals surface area contributed by atoms with Gasteiger partial charge in [-0.2, -0.15) is 17.0 Å². The molecule has 0 bridgehead atoms. The summed E-state index contributed by atoms with van der Waals surface area (Å²) in [6.07, 6.45) is -0.223. The Kier molecular flexibility index (Phi) is 4.91. The Hall–Kier alpha value is -0.210. The number of ether oxygens (including phenoxy) is 1. The molecule has 2 atom stereocenters. The van der Waals surface area contributed by atoms with E-state index in [-0.39, 0.29) is 18.2 Å². The van der Waals surface area contributed by atoms with E-state index in [0.717, 1.165) is 0 Å². The summed E-state index contributed by atoms with van der Waals surface area (Å²) in [7, 11) is -1.80. The van der Waals surface area contributed by atoms with E-state index in [4.69, 9.17) is 10.5 Å². The Morgan fingerprint density at radius 1 is 1.41 bits per heavy atom. The molecule has 102 valence electrons. The maximum atomic E-state index is 12.3. The molecule has 0 saturated carbocycles. The summed E-state index contributed by atoms with van der Waals surface area (Å²) in [5.41, 5.74) is 5.75. The molecule has 1 fully saturated rings. The number of hydrogen-bond acceptors (Lipinski definition) is 4. The Labute approximate surface area is 104 Å². The fraction of sp³-hybridized carbons (Fsp3) is 1.00. The van der Waals surface area contributed by atoms with Crippen LogP contribution in [0.25, 0.3) is 0 Å². The van der Waals surface area contributed by atoms with Crippen molar-refractivity contribution < 1.29 is 13.2 Å². The van der Waals surface area contributed by atoms with Gasteiger partial charge < -0.3 is 10.5 Å². The van der Waals surface area contributed by atoms with E-state index >= 15 is 0 Å². The van der Waals surface area contributed by atoms with E-state index in [9.17, 15) is 8.42 Å². The lowest BCUT2D eigenvalue weighted by atomic mass is 10.2. The van der Waals surface area contributed by atoms with Crippen molar-refractivity contribution in [3.63, 3.8) is 0 Å². The SMILES string of the molecule is CC(N)C1CN(S(=O)(=O)N(C)C(C)C)CCO1. The highest BCUT2D eigenvalue weighted by Crippen LogP contribution is 2.15. The highest BCUT2D eigenvalue weighted by molar-refractivity contribution is 7.86. The van der Waals surface area contributed by atoms with Crippen LogP contribution in [0, 0.1) is 0 Å². The third kappa shape index (κ3) is 3.38. The number of nitrogens with two attached hydrogens (primary N) is 1. The van der Waals surface area contributed by atoms with Crippen LogP contribution in [0.5, 0.6) is 0 Å². The van der Waals surface area contributed by atoms with Crippen LogP contribution in [0.1, 0.15) is 20.8 Å². The first-order valence-corrected chi connectivity index (χ1v) is 7.26. The van der Waals surface area contributed by atoms with E-state index < -0.39 is 10.2 Å². The lowest BCUT2D eigenvalue weighted by molar-refractivity contribution is -0.0136. The first-order chi connectivity index (χ1) is 7.76. The summed E-state index contributed by atoms with van der Waals surface area (Å²) < 4.78 is 32.8. The summed E-state index contributed by atoms with van der Waals surface area (Å²) in [5, 5.41) is 0. The summed E-state index contributed by atoms with van der Waals surface area (Å²) in [4.78, 5) is 0. The van der Waals surface area contributed by atoms with Crippen molar-refractivity contribution in [1.29, 1.82) is 0 Å². The number of hydrogen-bond donors (Lipinski definition) is 1. The van der Waals surface area contributed by atoms with Crippen LogP contribution >= 0.6 is 0 Å². The van der Waals surface area contributed by atoms with E-state index in [2.05, 4.69) is 0 Å². The molecular weight excluding hydrogens is 242 g/mol. The second kappa shape index (κ2) is 5.62. The van der Waals surface area contributed by atoms with Gasteiger partial charge in [0, 0.05) is 32.2 Å². The topological polar surface area (TPSA) is 75.9 Å². The molecule has 2 unspecified atom stereocenters. The van der Waals surface area contributed by atoms with Gasteiger partial charge in [-0.05, 0) is 20.8 Å². The predicted molar refractivity (Wildman–Crippen MR) is 66.8 cm³/mol. The Morgan fingerprint density at radius 2 is 2.00 bits per heavy atom. The highest BCUT2D eigenvalue weighted by Gasteiger charge is 2.34. The predicted octanol–water partition coefficient (Wildman–Crippen LogP) is -0.381. The third-order valence-electron chi connectivity index (χ3n) is 3.06. The van der Waals surface area contributed by atoms with E-state index in [1.165, 1.54) is 8.61 Å². The molecule has 0 aromatic carbocycles. The second-order valence-corrected chi connectivity index (χ2v) is 6.73. The van der Waals surface area contributed by atoms with Crippen LogP contribution < -0.4 is 5.73 Å². The molecule has 0 spiro atoms. The second-order valence-electron chi connectivity index (χ2n) is 4.74.